The Balaban J connectivity index is 1.19. The monoisotopic (exact) mass is 654 g/mol. The van der Waals surface area contributed by atoms with Gasteiger partial charge in [-0.2, -0.15) is 0 Å². The molecule has 0 amide bonds. The van der Waals surface area contributed by atoms with Gasteiger partial charge in [-0.1, -0.05) is 172 Å². The molecule has 1 heterocycles. The van der Waals surface area contributed by atoms with Crippen molar-refractivity contribution in [3.8, 4) is 22.3 Å². The molecule has 8 aromatic carbocycles. The fourth-order valence-corrected chi connectivity index (χ4v) is 8.89. The molecule has 0 saturated heterocycles. The number of fused-ring (bicyclic) bond motifs is 7. The maximum absolute atomic E-state index is 4.06. The minimum Gasteiger partial charge on any atom is -0.366 e. The number of benzene rings is 8. The van der Waals surface area contributed by atoms with Crippen molar-refractivity contribution >= 4 is 38.0 Å². The van der Waals surface area contributed by atoms with Crippen molar-refractivity contribution < 1.29 is 0 Å². The van der Waals surface area contributed by atoms with E-state index in [1.54, 1.807) is 0 Å². The van der Waals surface area contributed by atoms with Crippen molar-refractivity contribution in [2.24, 2.45) is 0 Å². The maximum atomic E-state index is 4.06. The SMILES string of the molecule is CC1(C)c2ccccc2-c2c(C3=CC(c4ccccc4)NC(c4ccccc4-c4c5ccccc5cc5c4ccc4ccccc45)N3)cccc21. The van der Waals surface area contributed by atoms with Gasteiger partial charge in [0.1, 0.15) is 6.17 Å². The molecule has 10 rings (SSSR count). The van der Waals surface area contributed by atoms with Gasteiger partial charge >= 0.3 is 0 Å². The van der Waals surface area contributed by atoms with Crippen molar-refractivity contribution in [2.75, 3.05) is 0 Å². The van der Waals surface area contributed by atoms with Crippen molar-refractivity contribution in [2.45, 2.75) is 31.5 Å². The van der Waals surface area contributed by atoms with Crippen molar-refractivity contribution in [1.29, 1.82) is 0 Å². The third kappa shape index (κ3) is 4.67. The highest BCUT2D eigenvalue weighted by Gasteiger charge is 2.38. The zero-order valence-electron chi connectivity index (χ0n) is 28.8. The maximum Gasteiger partial charge on any atom is 0.105 e. The summed E-state index contributed by atoms with van der Waals surface area (Å²) in [6.45, 7) is 4.71. The molecule has 1 aliphatic carbocycles. The molecule has 8 aromatic rings. The molecule has 0 saturated carbocycles. The molecule has 1 aliphatic heterocycles. The number of hydrogen-bond acceptors (Lipinski definition) is 2. The Hall–Kier alpha value is -5.96. The van der Waals surface area contributed by atoms with Crippen LogP contribution in [0.25, 0.3) is 60.3 Å². The lowest BCUT2D eigenvalue weighted by Gasteiger charge is -2.35. The van der Waals surface area contributed by atoms with Gasteiger partial charge in [-0.15, -0.1) is 0 Å². The highest BCUT2D eigenvalue weighted by Crippen LogP contribution is 2.51. The third-order valence-electron chi connectivity index (χ3n) is 11.3. The standard InChI is InChI=1S/C49H38N2/c1-49(2)42-25-13-12-23-39(42)47-40(24-14-26-43(47)49)45-30-44(32-16-4-3-5-17-32)50-48(51-45)38-22-11-10-21-36(38)46-35-20-9-7-18-33(35)29-41-34-19-8-6-15-31(34)27-28-37(41)46/h3-30,44,48,50-51H,1-2H3. The van der Waals surface area contributed by atoms with Gasteiger partial charge in [0, 0.05) is 16.7 Å². The zero-order chi connectivity index (χ0) is 34.1. The third-order valence-corrected chi connectivity index (χ3v) is 11.3. The van der Waals surface area contributed by atoms with Gasteiger partial charge in [0.2, 0.25) is 0 Å². The summed E-state index contributed by atoms with van der Waals surface area (Å²) >= 11 is 0. The van der Waals surface area contributed by atoms with Crippen LogP contribution in [0.15, 0.2) is 170 Å². The van der Waals surface area contributed by atoms with E-state index in [9.17, 15) is 0 Å². The molecule has 2 nitrogen and oxygen atoms in total. The minimum atomic E-state index is -0.151. The minimum absolute atomic E-state index is 0.00854. The molecule has 0 aromatic heterocycles. The first-order valence-corrected chi connectivity index (χ1v) is 18.0. The molecule has 244 valence electrons. The number of hydrogen-bond donors (Lipinski definition) is 2. The lowest BCUT2D eigenvalue weighted by Crippen LogP contribution is -2.40. The van der Waals surface area contributed by atoms with Gasteiger partial charge in [0.05, 0.1) is 6.04 Å². The van der Waals surface area contributed by atoms with Crippen LogP contribution in [0.1, 0.15) is 53.9 Å². The van der Waals surface area contributed by atoms with Crippen LogP contribution in [0.4, 0.5) is 0 Å². The molecule has 2 unspecified atom stereocenters. The Morgan fingerprint density at radius 2 is 1.14 bits per heavy atom. The first-order chi connectivity index (χ1) is 25.1. The number of rotatable bonds is 4. The van der Waals surface area contributed by atoms with Gasteiger partial charge in [-0.25, -0.2) is 0 Å². The Kier molecular flexibility index (Phi) is 6.78. The zero-order valence-corrected chi connectivity index (χ0v) is 28.8. The van der Waals surface area contributed by atoms with Crippen LogP contribution < -0.4 is 10.6 Å². The van der Waals surface area contributed by atoms with Gasteiger partial charge in [0.25, 0.3) is 0 Å². The van der Waals surface area contributed by atoms with Crippen molar-refractivity contribution in [1.82, 2.24) is 10.6 Å². The topological polar surface area (TPSA) is 24.1 Å². The molecular formula is C49H38N2. The summed E-state index contributed by atoms with van der Waals surface area (Å²) in [5.41, 5.74) is 12.7. The largest absolute Gasteiger partial charge is 0.366 e. The van der Waals surface area contributed by atoms with Crippen LogP contribution in [-0.4, -0.2) is 0 Å². The smallest absolute Gasteiger partial charge is 0.105 e. The Bertz CT molecular complexity index is 2680. The average molecular weight is 655 g/mol. The molecule has 2 atom stereocenters. The molecular weight excluding hydrogens is 617 g/mol. The van der Waals surface area contributed by atoms with E-state index in [1.165, 1.54) is 82.4 Å². The molecule has 51 heavy (non-hydrogen) atoms. The molecule has 0 radical (unpaired) electrons. The lowest BCUT2D eigenvalue weighted by atomic mass is 9.82. The van der Waals surface area contributed by atoms with Gasteiger partial charge in [0.15, 0.2) is 0 Å². The second-order valence-corrected chi connectivity index (χ2v) is 14.6. The molecule has 0 spiro atoms. The van der Waals surface area contributed by atoms with E-state index in [1.807, 2.05) is 0 Å². The quantitative estimate of drug-likeness (QED) is 0.146. The molecule has 0 bridgehead atoms. The molecule has 2 aliphatic rings. The average Bonchev–Trinajstić information content (AvgIpc) is 3.43. The summed E-state index contributed by atoms with van der Waals surface area (Å²) in [6, 6.07) is 60.2. The van der Waals surface area contributed by atoms with Crippen LogP contribution in [0, 0.1) is 0 Å². The molecule has 2 N–H and O–H groups in total. The lowest BCUT2D eigenvalue weighted by molar-refractivity contribution is 0.443. The predicted molar refractivity (Wildman–Crippen MR) is 215 cm³/mol. The second kappa shape index (κ2) is 11.6. The van der Waals surface area contributed by atoms with Crippen molar-refractivity contribution in [3.63, 3.8) is 0 Å². The van der Waals surface area contributed by atoms with Crippen LogP contribution in [0.3, 0.4) is 0 Å². The highest BCUT2D eigenvalue weighted by atomic mass is 15.2. The normalized spacial score (nSPS) is 17.6. The summed E-state index contributed by atoms with van der Waals surface area (Å²) in [6.07, 6.45) is 2.23. The second-order valence-electron chi connectivity index (χ2n) is 14.6. The highest BCUT2D eigenvalue weighted by molar-refractivity contribution is 6.20. The van der Waals surface area contributed by atoms with Gasteiger partial charge < -0.3 is 5.32 Å². The number of nitrogens with one attached hydrogen (secondary N) is 2. The van der Waals surface area contributed by atoms with E-state index < -0.39 is 0 Å². The summed E-state index contributed by atoms with van der Waals surface area (Å²) in [5, 5.41) is 15.7. The summed E-state index contributed by atoms with van der Waals surface area (Å²) in [4.78, 5) is 0. The molecule has 2 heteroatoms. The van der Waals surface area contributed by atoms with E-state index >= 15 is 0 Å². The summed E-state index contributed by atoms with van der Waals surface area (Å²) in [5.74, 6) is 0. The fraction of sp³-hybridized carbons (Fsp3) is 0.102. The molecule has 0 fully saturated rings. The van der Waals surface area contributed by atoms with Crippen LogP contribution >= 0.6 is 0 Å². The first-order valence-electron chi connectivity index (χ1n) is 18.0. The predicted octanol–water partition coefficient (Wildman–Crippen LogP) is 12.1. The summed E-state index contributed by atoms with van der Waals surface area (Å²) in [7, 11) is 0. The Morgan fingerprint density at radius 1 is 0.471 bits per heavy atom. The fourth-order valence-electron chi connectivity index (χ4n) is 8.89. The van der Waals surface area contributed by atoms with E-state index in [-0.39, 0.29) is 17.6 Å². The Labute approximate surface area is 299 Å². The van der Waals surface area contributed by atoms with Gasteiger partial charge in [-0.05, 0) is 89.0 Å². The Morgan fingerprint density at radius 3 is 2.00 bits per heavy atom. The van der Waals surface area contributed by atoms with Crippen LogP contribution in [0.5, 0.6) is 0 Å². The van der Waals surface area contributed by atoms with E-state index in [2.05, 4.69) is 194 Å². The van der Waals surface area contributed by atoms with Crippen LogP contribution in [-0.2, 0) is 5.41 Å². The van der Waals surface area contributed by atoms with E-state index in [0.717, 1.165) is 5.70 Å². The summed E-state index contributed by atoms with van der Waals surface area (Å²) < 4.78 is 0. The first kappa shape index (κ1) is 29.9. The van der Waals surface area contributed by atoms with Crippen molar-refractivity contribution in [3.05, 3.63) is 198 Å². The van der Waals surface area contributed by atoms with Gasteiger partial charge in [-0.3, -0.25) is 5.32 Å². The van der Waals surface area contributed by atoms with Crippen LogP contribution in [0.2, 0.25) is 0 Å². The van der Waals surface area contributed by atoms with E-state index in [0.29, 0.717) is 0 Å². The van der Waals surface area contributed by atoms with E-state index in [4.69, 9.17) is 0 Å².